The summed E-state index contributed by atoms with van der Waals surface area (Å²) in [6, 6.07) is 0. The third-order valence-corrected chi connectivity index (χ3v) is 5.08. The van der Waals surface area contributed by atoms with Gasteiger partial charge < -0.3 is 10.2 Å². The highest BCUT2D eigenvalue weighted by atomic mass is 35.5. The van der Waals surface area contributed by atoms with Crippen LogP contribution in [0.3, 0.4) is 0 Å². The van der Waals surface area contributed by atoms with Gasteiger partial charge in [0.25, 0.3) is 0 Å². The molecule has 0 aliphatic carbocycles. The lowest BCUT2D eigenvalue weighted by molar-refractivity contribution is 0.179. The van der Waals surface area contributed by atoms with Gasteiger partial charge in [0.15, 0.2) is 0 Å². The summed E-state index contributed by atoms with van der Waals surface area (Å²) >= 11 is 0. The zero-order chi connectivity index (χ0) is 11.6. The number of likely N-dealkylation sites (tertiary alicyclic amines) is 1. The fourth-order valence-electron chi connectivity index (χ4n) is 3.53. The Morgan fingerprint density at radius 3 is 2.35 bits per heavy atom. The fraction of sp³-hybridized carbons (Fsp3) is 1.00. The number of hydrogen-bond donors (Lipinski definition) is 1. The van der Waals surface area contributed by atoms with Gasteiger partial charge in [-0.1, -0.05) is 20.8 Å². The van der Waals surface area contributed by atoms with Gasteiger partial charge in [-0.3, -0.25) is 0 Å². The first-order chi connectivity index (χ1) is 7.61. The van der Waals surface area contributed by atoms with Crippen molar-refractivity contribution in [2.24, 2.45) is 10.8 Å². The molecule has 0 radical (unpaired) electrons. The highest BCUT2D eigenvalue weighted by Gasteiger charge is 2.38. The van der Waals surface area contributed by atoms with Crippen LogP contribution in [0.2, 0.25) is 0 Å². The number of nitrogens with one attached hydrogen (secondary N) is 1. The number of halogens is 1. The topological polar surface area (TPSA) is 15.3 Å². The summed E-state index contributed by atoms with van der Waals surface area (Å²) in [5.41, 5.74) is 1.18. The molecule has 0 aromatic carbocycles. The maximum Gasteiger partial charge on any atom is 0.00482 e. The minimum absolute atomic E-state index is 0. The molecule has 102 valence electrons. The van der Waals surface area contributed by atoms with Crippen LogP contribution in [0.1, 0.15) is 46.5 Å². The molecule has 1 unspecified atom stereocenters. The summed E-state index contributed by atoms with van der Waals surface area (Å²) in [6.45, 7) is 13.6. The zero-order valence-corrected chi connectivity index (χ0v) is 12.5. The molecule has 2 saturated heterocycles. The van der Waals surface area contributed by atoms with Crippen molar-refractivity contribution in [3.05, 3.63) is 0 Å². The van der Waals surface area contributed by atoms with Crippen molar-refractivity contribution in [1.29, 1.82) is 0 Å². The molecule has 1 N–H and O–H groups in total. The molecular weight excluding hydrogens is 232 g/mol. The molecule has 2 fully saturated rings. The minimum atomic E-state index is 0. The van der Waals surface area contributed by atoms with Crippen LogP contribution in [-0.4, -0.2) is 37.6 Å². The SMILES string of the molecule is CCC1(CC)CCN(CC2(C)CCNC2)C1.Cl. The number of rotatable bonds is 4. The second kappa shape index (κ2) is 5.90. The predicted molar refractivity (Wildman–Crippen MR) is 76.9 cm³/mol. The molecule has 2 aliphatic rings. The van der Waals surface area contributed by atoms with Crippen LogP contribution >= 0.6 is 12.4 Å². The number of hydrogen-bond acceptors (Lipinski definition) is 2. The van der Waals surface area contributed by atoms with Crippen LogP contribution in [0.5, 0.6) is 0 Å². The molecule has 2 aliphatic heterocycles. The van der Waals surface area contributed by atoms with Gasteiger partial charge in [-0.15, -0.1) is 12.4 Å². The van der Waals surface area contributed by atoms with Gasteiger partial charge in [-0.2, -0.15) is 0 Å². The molecule has 2 heterocycles. The summed E-state index contributed by atoms with van der Waals surface area (Å²) in [5, 5.41) is 3.51. The Morgan fingerprint density at radius 1 is 1.18 bits per heavy atom. The van der Waals surface area contributed by atoms with E-state index < -0.39 is 0 Å². The molecular formula is C14H29ClN2. The van der Waals surface area contributed by atoms with Gasteiger partial charge in [0.1, 0.15) is 0 Å². The van der Waals surface area contributed by atoms with Gasteiger partial charge in [0, 0.05) is 19.6 Å². The lowest BCUT2D eigenvalue weighted by Crippen LogP contribution is -2.37. The molecule has 1 atom stereocenters. The average Bonchev–Trinajstić information content (AvgIpc) is 2.87. The maximum atomic E-state index is 3.51. The largest absolute Gasteiger partial charge is 0.316 e. The highest BCUT2D eigenvalue weighted by Crippen LogP contribution is 2.38. The summed E-state index contributed by atoms with van der Waals surface area (Å²) in [5.74, 6) is 0. The summed E-state index contributed by atoms with van der Waals surface area (Å²) < 4.78 is 0. The molecule has 0 spiro atoms. The van der Waals surface area contributed by atoms with Gasteiger partial charge in [-0.05, 0) is 49.6 Å². The molecule has 0 amide bonds. The normalized spacial score (nSPS) is 32.6. The molecule has 17 heavy (non-hydrogen) atoms. The predicted octanol–water partition coefficient (Wildman–Crippen LogP) is 2.92. The Hall–Kier alpha value is 0.210. The summed E-state index contributed by atoms with van der Waals surface area (Å²) in [7, 11) is 0. The first-order valence-corrected chi connectivity index (χ1v) is 7.04. The van der Waals surface area contributed by atoms with E-state index in [1.54, 1.807) is 0 Å². The quantitative estimate of drug-likeness (QED) is 0.836. The van der Waals surface area contributed by atoms with Gasteiger partial charge in [-0.25, -0.2) is 0 Å². The first-order valence-electron chi connectivity index (χ1n) is 7.04. The standard InChI is InChI=1S/C14H28N2.ClH/c1-4-14(5-2)7-9-16(12-14)11-13(3)6-8-15-10-13;/h15H,4-12H2,1-3H3;1H. The van der Waals surface area contributed by atoms with Crippen LogP contribution < -0.4 is 5.32 Å². The van der Waals surface area contributed by atoms with Gasteiger partial charge in [0.2, 0.25) is 0 Å². The van der Waals surface area contributed by atoms with Crippen LogP contribution in [0.15, 0.2) is 0 Å². The van der Waals surface area contributed by atoms with E-state index in [0.717, 1.165) is 0 Å². The van der Waals surface area contributed by atoms with Crippen LogP contribution in [0.4, 0.5) is 0 Å². The Balaban J connectivity index is 0.00000144. The molecule has 0 aromatic rings. The van der Waals surface area contributed by atoms with E-state index >= 15 is 0 Å². The van der Waals surface area contributed by atoms with E-state index in [1.807, 2.05) is 0 Å². The molecule has 2 rings (SSSR count). The molecule has 2 nitrogen and oxygen atoms in total. The van der Waals surface area contributed by atoms with E-state index in [-0.39, 0.29) is 12.4 Å². The van der Waals surface area contributed by atoms with Crippen molar-refractivity contribution in [2.75, 3.05) is 32.7 Å². The fourth-order valence-corrected chi connectivity index (χ4v) is 3.53. The Kier molecular flexibility index (Phi) is 5.30. The van der Waals surface area contributed by atoms with Crippen molar-refractivity contribution in [2.45, 2.75) is 46.5 Å². The van der Waals surface area contributed by atoms with Crippen molar-refractivity contribution in [1.82, 2.24) is 10.2 Å². The minimum Gasteiger partial charge on any atom is -0.316 e. The smallest absolute Gasteiger partial charge is 0.00482 e. The summed E-state index contributed by atoms with van der Waals surface area (Å²) in [4.78, 5) is 2.72. The molecule has 0 aromatic heterocycles. The van der Waals surface area contributed by atoms with Crippen molar-refractivity contribution < 1.29 is 0 Å². The summed E-state index contributed by atoms with van der Waals surface area (Å²) in [6.07, 6.45) is 5.49. The number of nitrogens with zero attached hydrogens (tertiary/aromatic N) is 1. The van der Waals surface area contributed by atoms with Crippen molar-refractivity contribution >= 4 is 12.4 Å². The van der Waals surface area contributed by atoms with E-state index in [9.17, 15) is 0 Å². The lowest BCUT2D eigenvalue weighted by Gasteiger charge is -2.31. The van der Waals surface area contributed by atoms with Crippen LogP contribution in [-0.2, 0) is 0 Å². The lowest BCUT2D eigenvalue weighted by atomic mass is 9.82. The van der Waals surface area contributed by atoms with Gasteiger partial charge >= 0.3 is 0 Å². The van der Waals surface area contributed by atoms with E-state index in [2.05, 4.69) is 31.0 Å². The second-order valence-corrected chi connectivity index (χ2v) is 6.41. The molecule has 3 heteroatoms. The Bertz CT molecular complexity index is 232. The average molecular weight is 261 g/mol. The van der Waals surface area contributed by atoms with Crippen LogP contribution in [0, 0.1) is 10.8 Å². The monoisotopic (exact) mass is 260 g/mol. The molecule has 0 bridgehead atoms. The van der Waals surface area contributed by atoms with Crippen LogP contribution in [0.25, 0.3) is 0 Å². The zero-order valence-electron chi connectivity index (χ0n) is 11.7. The van der Waals surface area contributed by atoms with Crippen molar-refractivity contribution in [3.8, 4) is 0 Å². The van der Waals surface area contributed by atoms with E-state index in [0.29, 0.717) is 10.8 Å². The van der Waals surface area contributed by atoms with Crippen molar-refractivity contribution in [3.63, 3.8) is 0 Å². The maximum absolute atomic E-state index is 3.51. The van der Waals surface area contributed by atoms with Gasteiger partial charge in [0.05, 0.1) is 0 Å². The highest BCUT2D eigenvalue weighted by molar-refractivity contribution is 5.85. The second-order valence-electron chi connectivity index (χ2n) is 6.41. The Morgan fingerprint density at radius 2 is 1.88 bits per heavy atom. The third kappa shape index (κ3) is 3.36. The third-order valence-electron chi connectivity index (χ3n) is 5.08. The Labute approximate surface area is 113 Å². The van der Waals surface area contributed by atoms with E-state index in [4.69, 9.17) is 0 Å². The first kappa shape index (κ1) is 15.3. The van der Waals surface area contributed by atoms with E-state index in [1.165, 1.54) is 58.4 Å². The molecule has 0 saturated carbocycles.